The first-order valence-electron chi connectivity index (χ1n) is 8.39. The summed E-state index contributed by atoms with van der Waals surface area (Å²) in [7, 11) is 0. The smallest absolute Gasteiger partial charge is 0.338 e. The van der Waals surface area contributed by atoms with Gasteiger partial charge in [-0.1, -0.05) is 17.7 Å². The largest absolute Gasteiger partial charge is 0.459 e. The minimum atomic E-state index is -0.520. The van der Waals surface area contributed by atoms with Crippen molar-refractivity contribution in [3.63, 3.8) is 0 Å². The Balaban J connectivity index is 1.46. The summed E-state index contributed by atoms with van der Waals surface area (Å²) in [6, 6.07) is 10.3. The zero-order valence-electron chi connectivity index (χ0n) is 14.5. The Morgan fingerprint density at radius 3 is 2.42 bits per heavy atom. The molecule has 0 aliphatic carbocycles. The van der Waals surface area contributed by atoms with E-state index in [4.69, 9.17) is 9.15 Å². The minimum Gasteiger partial charge on any atom is -0.459 e. The van der Waals surface area contributed by atoms with Crippen molar-refractivity contribution in [2.75, 3.05) is 32.8 Å². The van der Waals surface area contributed by atoms with E-state index in [-0.39, 0.29) is 24.2 Å². The van der Waals surface area contributed by atoms with Crippen LogP contribution in [0.4, 0.5) is 0 Å². The van der Waals surface area contributed by atoms with Crippen LogP contribution < -0.4 is 0 Å². The van der Waals surface area contributed by atoms with Crippen molar-refractivity contribution in [1.82, 2.24) is 9.80 Å². The highest BCUT2D eigenvalue weighted by molar-refractivity contribution is 5.92. The highest BCUT2D eigenvalue weighted by Gasteiger charge is 2.26. The zero-order valence-corrected chi connectivity index (χ0v) is 14.5. The van der Waals surface area contributed by atoms with Crippen LogP contribution in [-0.2, 0) is 9.53 Å². The summed E-state index contributed by atoms with van der Waals surface area (Å²) in [5.74, 6) is -0.686. The van der Waals surface area contributed by atoms with Crippen LogP contribution in [0.25, 0.3) is 0 Å². The van der Waals surface area contributed by atoms with Crippen LogP contribution in [0.15, 0.2) is 47.1 Å². The maximum Gasteiger partial charge on any atom is 0.338 e. The van der Waals surface area contributed by atoms with Gasteiger partial charge in [-0.2, -0.15) is 0 Å². The van der Waals surface area contributed by atoms with Gasteiger partial charge in [0.25, 0.3) is 11.8 Å². The van der Waals surface area contributed by atoms with Crippen molar-refractivity contribution in [2.45, 2.75) is 6.92 Å². The molecule has 7 heteroatoms. The number of amides is 2. The molecular formula is C19H20N2O5. The lowest BCUT2D eigenvalue weighted by molar-refractivity contribution is -0.136. The van der Waals surface area contributed by atoms with E-state index < -0.39 is 5.97 Å². The van der Waals surface area contributed by atoms with Gasteiger partial charge in [0.15, 0.2) is 12.4 Å². The topological polar surface area (TPSA) is 80.1 Å². The molecule has 2 aromatic rings. The van der Waals surface area contributed by atoms with Gasteiger partial charge in [-0.15, -0.1) is 0 Å². The minimum absolute atomic E-state index is 0.187. The van der Waals surface area contributed by atoms with Crippen molar-refractivity contribution in [2.24, 2.45) is 0 Å². The lowest BCUT2D eigenvalue weighted by Gasteiger charge is -2.34. The van der Waals surface area contributed by atoms with Gasteiger partial charge in [0.05, 0.1) is 11.8 Å². The lowest BCUT2D eigenvalue weighted by Crippen LogP contribution is -2.51. The maximum absolute atomic E-state index is 12.2. The van der Waals surface area contributed by atoms with Crippen molar-refractivity contribution in [3.8, 4) is 0 Å². The molecule has 2 heterocycles. The van der Waals surface area contributed by atoms with E-state index in [2.05, 4.69) is 0 Å². The number of hydrogen-bond acceptors (Lipinski definition) is 5. The third-order valence-electron chi connectivity index (χ3n) is 4.23. The van der Waals surface area contributed by atoms with Gasteiger partial charge < -0.3 is 19.0 Å². The number of aryl methyl sites for hydroxylation is 1. The number of carbonyl (C=O) groups is 3. The summed E-state index contributed by atoms with van der Waals surface area (Å²) < 4.78 is 10.2. The molecule has 1 fully saturated rings. The van der Waals surface area contributed by atoms with Gasteiger partial charge >= 0.3 is 5.97 Å². The summed E-state index contributed by atoms with van der Waals surface area (Å²) >= 11 is 0. The Morgan fingerprint density at radius 2 is 1.77 bits per heavy atom. The third kappa shape index (κ3) is 4.11. The van der Waals surface area contributed by atoms with Crippen LogP contribution in [0.5, 0.6) is 0 Å². The molecule has 0 unspecified atom stereocenters. The molecule has 1 aromatic heterocycles. The summed E-state index contributed by atoms with van der Waals surface area (Å²) in [5.41, 5.74) is 1.37. The number of piperazine rings is 1. The molecule has 26 heavy (non-hydrogen) atoms. The van der Waals surface area contributed by atoms with E-state index in [0.29, 0.717) is 31.7 Å². The normalized spacial score (nSPS) is 14.2. The zero-order chi connectivity index (χ0) is 18.5. The van der Waals surface area contributed by atoms with Crippen LogP contribution in [0.3, 0.4) is 0 Å². The molecule has 1 aromatic carbocycles. The molecular weight excluding hydrogens is 336 g/mol. The predicted molar refractivity (Wildman–Crippen MR) is 92.7 cm³/mol. The molecule has 0 spiro atoms. The van der Waals surface area contributed by atoms with Gasteiger partial charge in [0.1, 0.15) is 0 Å². The molecule has 136 valence electrons. The number of carbonyl (C=O) groups excluding carboxylic acids is 3. The summed E-state index contributed by atoms with van der Waals surface area (Å²) in [6.45, 7) is 3.19. The van der Waals surface area contributed by atoms with E-state index >= 15 is 0 Å². The first-order chi connectivity index (χ1) is 12.5. The standard InChI is InChI=1S/C19H20N2O5/c1-14-4-2-5-15(12-14)19(24)26-13-17(22)20-7-9-21(10-8-20)18(23)16-6-3-11-25-16/h2-6,11-12H,7-10,13H2,1H3. The predicted octanol–water partition coefficient (Wildman–Crippen LogP) is 1.73. The van der Waals surface area contributed by atoms with Gasteiger partial charge in [0, 0.05) is 26.2 Å². The van der Waals surface area contributed by atoms with E-state index in [1.807, 2.05) is 13.0 Å². The molecule has 1 saturated heterocycles. The molecule has 0 N–H and O–H groups in total. The Labute approximate surface area is 151 Å². The van der Waals surface area contributed by atoms with E-state index in [0.717, 1.165) is 5.56 Å². The van der Waals surface area contributed by atoms with Crippen molar-refractivity contribution < 1.29 is 23.5 Å². The molecule has 1 aliphatic rings. The molecule has 2 amide bonds. The summed E-state index contributed by atoms with van der Waals surface area (Å²) in [4.78, 5) is 39.7. The first-order valence-corrected chi connectivity index (χ1v) is 8.39. The summed E-state index contributed by atoms with van der Waals surface area (Å²) in [6.07, 6.45) is 1.45. The number of furan rings is 1. The average molecular weight is 356 g/mol. The molecule has 0 saturated carbocycles. The fraction of sp³-hybridized carbons (Fsp3) is 0.316. The van der Waals surface area contributed by atoms with E-state index in [1.54, 1.807) is 40.1 Å². The van der Waals surface area contributed by atoms with E-state index in [1.165, 1.54) is 6.26 Å². The number of rotatable bonds is 4. The Morgan fingerprint density at radius 1 is 1.04 bits per heavy atom. The number of nitrogens with zero attached hydrogens (tertiary/aromatic N) is 2. The quantitative estimate of drug-likeness (QED) is 0.780. The fourth-order valence-corrected chi connectivity index (χ4v) is 2.79. The van der Waals surface area contributed by atoms with E-state index in [9.17, 15) is 14.4 Å². The highest BCUT2D eigenvalue weighted by Crippen LogP contribution is 2.10. The van der Waals surface area contributed by atoms with Crippen molar-refractivity contribution in [3.05, 3.63) is 59.5 Å². The van der Waals surface area contributed by atoms with Crippen LogP contribution in [0.2, 0.25) is 0 Å². The van der Waals surface area contributed by atoms with Crippen LogP contribution in [0, 0.1) is 6.92 Å². The highest BCUT2D eigenvalue weighted by atomic mass is 16.5. The molecule has 7 nitrogen and oxygen atoms in total. The first kappa shape index (κ1) is 17.7. The number of hydrogen-bond donors (Lipinski definition) is 0. The molecule has 3 rings (SSSR count). The number of benzene rings is 1. The Hall–Kier alpha value is -3.09. The van der Waals surface area contributed by atoms with Crippen LogP contribution in [-0.4, -0.2) is 60.4 Å². The maximum atomic E-state index is 12.2. The summed E-state index contributed by atoms with van der Waals surface area (Å²) in [5, 5.41) is 0. The number of ether oxygens (including phenoxy) is 1. The fourth-order valence-electron chi connectivity index (χ4n) is 2.79. The molecule has 0 atom stereocenters. The Kier molecular flexibility index (Phi) is 5.36. The van der Waals surface area contributed by atoms with Crippen molar-refractivity contribution in [1.29, 1.82) is 0 Å². The monoisotopic (exact) mass is 356 g/mol. The van der Waals surface area contributed by atoms with Crippen LogP contribution >= 0.6 is 0 Å². The van der Waals surface area contributed by atoms with Crippen LogP contribution in [0.1, 0.15) is 26.5 Å². The molecule has 1 aliphatic heterocycles. The van der Waals surface area contributed by atoms with Gasteiger partial charge in [-0.05, 0) is 31.2 Å². The lowest BCUT2D eigenvalue weighted by atomic mass is 10.1. The SMILES string of the molecule is Cc1cccc(C(=O)OCC(=O)N2CCN(C(=O)c3ccco3)CC2)c1. The second-order valence-electron chi connectivity index (χ2n) is 6.10. The Bertz CT molecular complexity index is 792. The molecule has 0 bridgehead atoms. The second kappa shape index (κ2) is 7.86. The van der Waals surface area contributed by atoms with Crippen molar-refractivity contribution >= 4 is 17.8 Å². The number of esters is 1. The molecule has 0 radical (unpaired) electrons. The second-order valence-corrected chi connectivity index (χ2v) is 6.10. The van der Waals surface area contributed by atoms with Gasteiger partial charge in [-0.3, -0.25) is 9.59 Å². The van der Waals surface area contributed by atoms with Gasteiger partial charge in [-0.25, -0.2) is 4.79 Å². The van der Waals surface area contributed by atoms with Gasteiger partial charge in [0.2, 0.25) is 0 Å². The average Bonchev–Trinajstić information content (AvgIpc) is 3.20. The third-order valence-corrected chi connectivity index (χ3v) is 4.23.